The summed E-state index contributed by atoms with van der Waals surface area (Å²) in [6, 6.07) is 17.1. The van der Waals surface area contributed by atoms with E-state index >= 15 is 0 Å². The molecule has 0 saturated heterocycles. The number of carbonyl (C=O) groups excluding carboxylic acids is 1. The minimum Gasteiger partial charge on any atom is -0.455 e. The number of benzene rings is 2. The van der Waals surface area contributed by atoms with Crippen LogP contribution in [0.25, 0.3) is 5.69 Å². The van der Waals surface area contributed by atoms with Gasteiger partial charge in [0.15, 0.2) is 6.10 Å². The Bertz CT molecular complexity index is 1130. The van der Waals surface area contributed by atoms with E-state index in [1.165, 1.54) is 30.8 Å². The van der Waals surface area contributed by atoms with Crippen LogP contribution in [0.2, 0.25) is 0 Å². The Morgan fingerprint density at radius 2 is 1.81 bits per heavy atom. The SMILES string of the molecule is CC(=O)O[C@@H]1c2ccc(CN(C)C)n2-c2cc(C(F)(F)F)ccc2S[C@@H]1c1ccccc1. The van der Waals surface area contributed by atoms with Gasteiger partial charge in [0.1, 0.15) is 0 Å². The van der Waals surface area contributed by atoms with E-state index in [0.29, 0.717) is 22.8 Å². The van der Waals surface area contributed by atoms with Crippen LogP contribution in [0.4, 0.5) is 13.2 Å². The van der Waals surface area contributed by atoms with Gasteiger partial charge in [-0.2, -0.15) is 13.2 Å². The van der Waals surface area contributed by atoms with E-state index in [1.54, 1.807) is 0 Å². The Morgan fingerprint density at radius 1 is 1.09 bits per heavy atom. The molecule has 2 atom stereocenters. The summed E-state index contributed by atoms with van der Waals surface area (Å²) < 4.78 is 48.3. The van der Waals surface area contributed by atoms with Crippen LogP contribution in [-0.2, 0) is 22.3 Å². The molecule has 4 nitrogen and oxygen atoms in total. The van der Waals surface area contributed by atoms with Gasteiger partial charge in [0.2, 0.25) is 0 Å². The maximum absolute atomic E-state index is 13.6. The molecule has 8 heteroatoms. The number of nitrogens with zero attached hydrogens (tertiary/aromatic N) is 2. The van der Waals surface area contributed by atoms with Gasteiger partial charge in [0.25, 0.3) is 0 Å². The normalized spacial score (nSPS) is 18.1. The number of hydrogen-bond donors (Lipinski definition) is 0. The minimum atomic E-state index is -4.46. The Morgan fingerprint density at radius 3 is 2.44 bits per heavy atom. The van der Waals surface area contributed by atoms with E-state index in [2.05, 4.69) is 0 Å². The molecule has 0 bridgehead atoms. The van der Waals surface area contributed by atoms with Gasteiger partial charge in [0, 0.05) is 24.1 Å². The van der Waals surface area contributed by atoms with Gasteiger partial charge in [-0.15, -0.1) is 11.8 Å². The largest absolute Gasteiger partial charge is 0.455 e. The first kappa shape index (κ1) is 22.5. The quantitative estimate of drug-likeness (QED) is 0.447. The smallest absolute Gasteiger partial charge is 0.416 e. The van der Waals surface area contributed by atoms with Crippen LogP contribution < -0.4 is 0 Å². The van der Waals surface area contributed by atoms with Crippen LogP contribution in [0, 0.1) is 0 Å². The van der Waals surface area contributed by atoms with Crippen LogP contribution in [0.1, 0.15) is 40.8 Å². The molecule has 0 fully saturated rings. The first-order valence-electron chi connectivity index (χ1n) is 10.1. The molecule has 4 rings (SSSR count). The fraction of sp³-hybridized carbons (Fsp3) is 0.292. The molecule has 0 spiro atoms. The highest BCUT2D eigenvalue weighted by Gasteiger charge is 2.38. The second-order valence-corrected chi connectivity index (χ2v) is 9.17. The second-order valence-electron chi connectivity index (χ2n) is 7.98. The maximum atomic E-state index is 13.6. The summed E-state index contributed by atoms with van der Waals surface area (Å²) in [7, 11) is 3.80. The summed E-state index contributed by atoms with van der Waals surface area (Å²) in [6.07, 6.45) is -5.13. The number of fused-ring (bicyclic) bond motifs is 3. The number of thioether (sulfide) groups is 1. The lowest BCUT2D eigenvalue weighted by Gasteiger charge is -2.25. The zero-order chi connectivity index (χ0) is 23.0. The van der Waals surface area contributed by atoms with Crippen LogP contribution in [-0.4, -0.2) is 29.5 Å². The summed E-state index contributed by atoms with van der Waals surface area (Å²) in [4.78, 5) is 14.7. The third-order valence-electron chi connectivity index (χ3n) is 5.24. The van der Waals surface area contributed by atoms with E-state index in [9.17, 15) is 18.0 Å². The summed E-state index contributed by atoms with van der Waals surface area (Å²) in [6.45, 7) is 1.86. The molecule has 0 N–H and O–H groups in total. The zero-order valence-corrected chi connectivity index (χ0v) is 18.7. The van der Waals surface area contributed by atoms with Crippen LogP contribution in [0.3, 0.4) is 0 Å². The van der Waals surface area contributed by atoms with Crippen LogP contribution in [0.15, 0.2) is 65.6 Å². The fourth-order valence-electron chi connectivity index (χ4n) is 3.97. The van der Waals surface area contributed by atoms with Crippen molar-refractivity contribution >= 4 is 17.7 Å². The number of halogens is 3. The molecule has 0 aliphatic carbocycles. The van der Waals surface area contributed by atoms with E-state index in [1.807, 2.05) is 66.0 Å². The fourth-order valence-corrected chi connectivity index (χ4v) is 5.27. The van der Waals surface area contributed by atoms with Crippen molar-refractivity contribution in [2.75, 3.05) is 14.1 Å². The predicted molar refractivity (Wildman–Crippen MR) is 118 cm³/mol. The highest BCUT2D eigenvalue weighted by atomic mass is 32.2. The third-order valence-corrected chi connectivity index (χ3v) is 6.61. The number of carbonyl (C=O) groups is 1. The van der Waals surface area contributed by atoms with Crippen molar-refractivity contribution < 1.29 is 22.7 Å². The molecular weight excluding hydrogens is 437 g/mol. The molecule has 1 aliphatic rings. The van der Waals surface area contributed by atoms with Gasteiger partial charge in [-0.3, -0.25) is 4.79 Å². The summed E-state index contributed by atoms with van der Waals surface area (Å²) in [5.74, 6) is -0.444. The third kappa shape index (κ3) is 4.42. The number of aromatic nitrogens is 1. The van der Waals surface area contributed by atoms with E-state index in [0.717, 1.165) is 17.3 Å². The first-order chi connectivity index (χ1) is 15.1. The molecule has 1 aromatic heterocycles. The molecule has 0 unspecified atom stereocenters. The predicted octanol–water partition coefficient (Wildman–Crippen LogP) is 6.01. The van der Waals surface area contributed by atoms with Crippen molar-refractivity contribution in [2.24, 2.45) is 0 Å². The van der Waals surface area contributed by atoms with Crippen molar-refractivity contribution in [3.8, 4) is 5.69 Å². The molecule has 0 saturated carbocycles. The molecule has 3 aromatic rings. The molecule has 0 radical (unpaired) electrons. The highest BCUT2D eigenvalue weighted by Crippen LogP contribution is 2.52. The van der Waals surface area contributed by atoms with E-state index in [4.69, 9.17) is 4.74 Å². The first-order valence-corrected chi connectivity index (χ1v) is 11.0. The van der Waals surface area contributed by atoms with Gasteiger partial charge in [0.05, 0.1) is 22.2 Å². The van der Waals surface area contributed by atoms with Crippen molar-refractivity contribution in [1.82, 2.24) is 9.47 Å². The Hall–Kier alpha value is -2.71. The molecule has 1 aliphatic heterocycles. The Balaban J connectivity index is 1.98. The Labute approximate surface area is 189 Å². The van der Waals surface area contributed by atoms with Crippen molar-refractivity contribution in [1.29, 1.82) is 0 Å². The standard InChI is InChI=1S/C24H23F3N2O2S/c1-15(30)31-22-19-11-10-18(14-28(2)3)29(19)20-13-17(24(25,26)27)9-12-21(20)32-23(22)16-7-5-4-6-8-16/h4-13,22-23H,14H2,1-3H3/t22-,23-/m1/s1. The number of ether oxygens (including phenoxy) is 1. The molecule has 0 amide bonds. The van der Waals surface area contributed by atoms with Gasteiger partial charge in [-0.05, 0) is 50.0 Å². The van der Waals surface area contributed by atoms with Crippen LogP contribution in [0.5, 0.6) is 0 Å². The number of esters is 1. The summed E-state index contributed by atoms with van der Waals surface area (Å²) in [5, 5.41) is -0.320. The molecule has 2 aromatic carbocycles. The minimum absolute atomic E-state index is 0.320. The lowest BCUT2D eigenvalue weighted by atomic mass is 10.0. The summed E-state index contributed by atoms with van der Waals surface area (Å²) in [5.41, 5.74) is 2.12. The lowest BCUT2D eigenvalue weighted by molar-refractivity contribution is -0.147. The van der Waals surface area contributed by atoms with E-state index < -0.39 is 23.8 Å². The van der Waals surface area contributed by atoms with Crippen molar-refractivity contribution in [3.05, 3.63) is 83.2 Å². The topological polar surface area (TPSA) is 34.5 Å². The van der Waals surface area contributed by atoms with E-state index in [-0.39, 0.29) is 5.25 Å². The van der Waals surface area contributed by atoms with Gasteiger partial charge < -0.3 is 14.2 Å². The van der Waals surface area contributed by atoms with Gasteiger partial charge in [-0.25, -0.2) is 0 Å². The monoisotopic (exact) mass is 460 g/mol. The maximum Gasteiger partial charge on any atom is 0.416 e. The zero-order valence-electron chi connectivity index (χ0n) is 17.9. The average Bonchev–Trinajstić information content (AvgIpc) is 3.06. The lowest BCUT2D eigenvalue weighted by Crippen LogP contribution is -2.19. The second kappa shape index (κ2) is 8.67. The average molecular weight is 461 g/mol. The van der Waals surface area contributed by atoms with Gasteiger partial charge in [-0.1, -0.05) is 30.3 Å². The number of hydrogen-bond acceptors (Lipinski definition) is 4. The van der Waals surface area contributed by atoms with Gasteiger partial charge >= 0.3 is 12.1 Å². The van der Waals surface area contributed by atoms with Crippen molar-refractivity contribution in [2.45, 2.75) is 35.9 Å². The molecule has 32 heavy (non-hydrogen) atoms. The molecular formula is C24H23F3N2O2S. The number of rotatable bonds is 4. The summed E-state index contributed by atoms with van der Waals surface area (Å²) >= 11 is 1.41. The van der Waals surface area contributed by atoms with Crippen molar-refractivity contribution in [3.63, 3.8) is 0 Å². The van der Waals surface area contributed by atoms with Crippen LogP contribution >= 0.6 is 11.8 Å². The Kier molecular flexibility index (Phi) is 6.09. The highest BCUT2D eigenvalue weighted by molar-refractivity contribution is 7.99. The number of alkyl halides is 3. The molecule has 168 valence electrons. The molecule has 2 heterocycles.